The van der Waals surface area contributed by atoms with E-state index in [4.69, 9.17) is 18.9 Å². The van der Waals surface area contributed by atoms with Gasteiger partial charge in [0.25, 0.3) is 0 Å². The summed E-state index contributed by atoms with van der Waals surface area (Å²) in [5, 5.41) is 2.02. The Kier molecular flexibility index (Phi) is 9.34. The van der Waals surface area contributed by atoms with Gasteiger partial charge in [-0.25, -0.2) is 19.9 Å². The van der Waals surface area contributed by atoms with Gasteiger partial charge in [0.15, 0.2) is 0 Å². The summed E-state index contributed by atoms with van der Waals surface area (Å²) >= 11 is 0. The van der Waals surface area contributed by atoms with Gasteiger partial charge in [0.1, 0.15) is 34.5 Å². The Bertz CT molecular complexity index is 2880. The minimum absolute atomic E-state index is 0.490. The van der Waals surface area contributed by atoms with Crippen molar-refractivity contribution in [1.29, 1.82) is 0 Å². The van der Waals surface area contributed by atoms with E-state index in [0.717, 1.165) is 44.1 Å². The van der Waals surface area contributed by atoms with Crippen LogP contribution in [0.5, 0.6) is 46.3 Å². The highest BCUT2D eigenvalue weighted by Gasteiger charge is 2.17. The van der Waals surface area contributed by atoms with Crippen molar-refractivity contribution in [3.8, 4) is 74.5 Å². The molecular weight excluding hydrogens is 735 g/mol. The fourth-order valence-corrected chi connectivity index (χ4v) is 6.99. The van der Waals surface area contributed by atoms with Crippen LogP contribution in [0.1, 0.15) is 0 Å². The molecule has 0 saturated carbocycles. The molecule has 0 unspecified atom stereocenters. The van der Waals surface area contributed by atoms with E-state index in [1.54, 1.807) is 30.9 Å². The third-order valence-electron chi connectivity index (χ3n) is 9.67. The summed E-state index contributed by atoms with van der Waals surface area (Å²) in [4.78, 5) is 18.1. The summed E-state index contributed by atoms with van der Waals surface area (Å²) in [5.41, 5.74) is 5.96. The van der Waals surface area contributed by atoms with E-state index in [2.05, 4.69) is 44.2 Å². The van der Waals surface area contributed by atoms with Gasteiger partial charge in [0, 0.05) is 72.0 Å². The first-order chi connectivity index (χ1) is 29.2. The highest BCUT2D eigenvalue weighted by Crippen LogP contribution is 2.38. The molecule has 0 radical (unpaired) electrons. The quantitative estimate of drug-likeness (QED) is 0.128. The number of nitrogens with zero attached hydrogens (tertiary/aromatic N) is 5. The SMILES string of the molecule is c1ccc(-c2ccnc(Oc3cccc(Oc4ccc5c6ccc(Oc7cccc(Oc8cc(-c9ccccc9)ccn8)c7)cc6n(-c6ncccn6)c5c4)c3)c2)cc1. The van der Waals surface area contributed by atoms with Crippen molar-refractivity contribution in [3.63, 3.8) is 0 Å². The lowest BCUT2D eigenvalue weighted by Gasteiger charge is -2.11. The second-order valence-electron chi connectivity index (χ2n) is 13.6. The van der Waals surface area contributed by atoms with Crippen molar-refractivity contribution < 1.29 is 18.9 Å². The second kappa shape index (κ2) is 15.7. The van der Waals surface area contributed by atoms with E-state index in [0.29, 0.717) is 52.2 Å². The Morgan fingerprint density at radius 1 is 0.305 bits per heavy atom. The number of fused-ring (bicyclic) bond motifs is 3. The zero-order chi connectivity index (χ0) is 39.4. The normalized spacial score (nSPS) is 11.1. The molecule has 0 N–H and O–H groups in total. The first kappa shape index (κ1) is 35.1. The summed E-state index contributed by atoms with van der Waals surface area (Å²) < 4.78 is 27.2. The Hall–Kier alpha value is -8.30. The van der Waals surface area contributed by atoms with Gasteiger partial charge in [-0.05, 0) is 89.0 Å². The maximum absolute atomic E-state index is 6.43. The lowest BCUT2D eigenvalue weighted by atomic mass is 10.1. The Labute approximate surface area is 339 Å². The van der Waals surface area contributed by atoms with Crippen molar-refractivity contribution in [2.45, 2.75) is 0 Å². The number of hydrogen-bond donors (Lipinski definition) is 0. The minimum Gasteiger partial charge on any atom is -0.457 e. The van der Waals surface area contributed by atoms with E-state index < -0.39 is 0 Å². The standard InChI is InChI=1S/C50H33N5O4/c1-3-10-34(11-4-1)36-22-26-51-48(28-36)58-40-16-7-14-38(30-40)56-42-18-20-44-45-21-19-43(33-47(45)55(46(44)32-42)50-53-24-9-25-54-50)57-39-15-8-17-41(31-39)59-49-29-37(23-27-52-49)35-12-5-2-6-13-35/h1-33H. The molecular formula is C50H33N5O4. The third-order valence-corrected chi connectivity index (χ3v) is 9.67. The molecule has 4 heterocycles. The summed E-state index contributed by atoms with van der Waals surface area (Å²) in [6.45, 7) is 0. The maximum Gasteiger partial charge on any atom is 0.234 e. The topological polar surface area (TPSA) is 93.4 Å². The predicted molar refractivity (Wildman–Crippen MR) is 229 cm³/mol. The number of ether oxygens (including phenoxy) is 4. The minimum atomic E-state index is 0.490. The predicted octanol–water partition coefficient (Wildman–Crippen LogP) is 12.9. The van der Waals surface area contributed by atoms with Crippen molar-refractivity contribution in [1.82, 2.24) is 24.5 Å². The molecule has 0 fully saturated rings. The number of hydrogen-bond acceptors (Lipinski definition) is 8. The van der Waals surface area contributed by atoms with Crippen LogP contribution < -0.4 is 18.9 Å². The van der Waals surface area contributed by atoms with Crippen LogP contribution in [0.2, 0.25) is 0 Å². The summed E-state index contributed by atoms with van der Waals surface area (Å²) in [7, 11) is 0. The smallest absolute Gasteiger partial charge is 0.234 e. The van der Waals surface area contributed by atoms with Crippen LogP contribution >= 0.6 is 0 Å². The molecule has 0 amide bonds. The highest BCUT2D eigenvalue weighted by atomic mass is 16.5. The van der Waals surface area contributed by atoms with Gasteiger partial charge in [-0.15, -0.1) is 0 Å². The lowest BCUT2D eigenvalue weighted by molar-refractivity contribution is 0.449. The van der Waals surface area contributed by atoms with Crippen LogP contribution in [0.3, 0.4) is 0 Å². The zero-order valence-corrected chi connectivity index (χ0v) is 31.4. The second-order valence-corrected chi connectivity index (χ2v) is 13.6. The molecule has 9 heteroatoms. The van der Waals surface area contributed by atoms with Crippen LogP contribution in [0, 0.1) is 0 Å². The molecule has 0 spiro atoms. The van der Waals surface area contributed by atoms with Gasteiger partial charge in [-0.2, -0.15) is 0 Å². The lowest BCUT2D eigenvalue weighted by Crippen LogP contribution is -2.00. The van der Waals surface area contributed by atoms with E-state index in [1.165, 1.54) is 0 Å². The molecule has 59 heavy (non-hydrogen) atoms. The van der Waals surface area contributed by atoms with E-state index in [9.17, 15) is 0 Å². The highest BCUT2D eigenvalue weighted by molar-refractivity contribution is 6.09. The molecule has 282 valence electrons. The Morgan fingerprint density at radius 3 is 1.22 bits per heavy atom. The van der Waals surface area contributed by atoms with Crippen molar-refractivity contribution in [2.75, 3.05) is 0 Å². The van der Waals surface area contributed by atoms with E-state index in [-0.39, 0.29) is 0 Å². The number of benzene rings is 6. The first-order valence-corrected chi connectivity index (χ1v) is 19.0. The van der Waals surface area contributed by atoms with Crippen molar-refractivity contribution in [3.05, 3.63) is 201 Å². The van der Waals surface area contributed by atoms with Crippen LogP contribution in [-0.4, -0.2) is 24.5 Å². The molecule has 0 aliphatic rings. The number of aromatic nitrogens is 5. The molecule has 6 aromatic carbocycles. The summed E-state index contributed by atoms with van der Waals surface area (Å²) in [6, 6.07) is 56.8. The molecule has 0 aliphatic heterocycles. The van der Waals surface area contributed by atoms with Crippen LogP contribution in [0.15, 0.2) is 201 Å². The van der Waals surface area contributed by atoms with Crippen LogP contribution in [0.4, 0.5) is 0 Å². The van der Waals surface area contributed by atoms with Gasteiger partial charge >= 0.3 is 0 Å². The molecule has 4 aromatic heterocycles. The molecule has 0 saturated heterocycles. The molecule has 0 aliphatic carbocycles. The van der Waals surface area contributed by atoms with Crippen LogP contribution in [-0.2, 0) is 0 Å². The van der Waals surface area contributed by atoms with Gasteiger partial charge < -0.3 is 18.9 Å². The molecule has 0 atom stereocenters. The van der Waals surface area contributed by atoms with E-state index in [1.807, 2.05) is 150 Å². The number of rotatable bonds is 11. The fraction of sp³-hybridized carbons (Fsp3) is 0. The first-order valence-electron chi connectivity index (χ1n) is 19.0. The molecule has 10 aromatic rings. The summed E-state index contributed by atoms with van der Waals surface area (Å²) in [6.07, 6.45) is 6.95. The monoisotopic (exact) mass is 767 g/mol. The van der Waals surface area contributed by atoms with Gasteiger partial charge in [0.2, 0.25) is 17.7 Å². The molecule has 0 bridgehead atoms. The number of pyridine rings is 2. The Morgan fingerprint density at radius 2 is 0.746 bits per heavy atom. The third kappa shape index (κ3) is 7.64. The molecule has 10 rings (SSSR count). The maximum atomic E-state index is 6.43. The van der Waals surface area contributed by atoms with Crippen molar-refractivity contribution in [2.24, 2.45) is 0 Å². The van der Waals surface area contributed by atoms with Gasteiger partial charge in [-0.3, -0.25) is 4.57 Å². The van der Waals surface area contributed by atoms with Crippen molar-refractivity contribution >= 4 is 21.8 Å². The Balaban J connectivity index is 0.923. The van der Waals surface area contributed by atoms with Gasteiger partial charge in [0.05, 0.1) is 11.0 Å². The average Bonchev–Trinajstić information content (AvgIpc) is 3.60. The molecule has 9 nitrogen and oxygen atoms in total. The largest absolute Gasteiger partial charge is 0.457 e. The van der Waals surface area contributed by atoms with E-state index >= 15 is 0 Å². The average molecular weight is 768 g/mol. The van der Waals surface area contributed by atoms with Gasteiger partial charge in [-0.1, -0.05) is 72.8 Å². The zero-order valence-electron chi connectivity index (χ0n) is 31.4. The van der Waals surface area contributed by atoms with Crippen LogP contribution in [0.25, 0.3) is 50.0 Å². The summed E-state index contributed by atoms with van der Waals surface area (Å²) in [5.74, 6) is 5.20. The fourth-order valence-electron chi connectivity index (χ4n) is 6.99.